The number of hydrogen-bond acceptors (Lipinski definition) is 4. The number of nitrogens with zero attached hydrogens (tertiary/aromatic N) is 1. The highest BCUT2D eigenvalue weighted by atomic mass is 35.5. The molecule has 1 aliphatic heterocycles. The maximum atomic E-state index is 12.9. The normalized spacial score (nSPS) is 14.4. The van der Waals surface area contributed by atoms with Crippen molar-refractivity contribution in [1.82, 2.24) is 10.2 Å². The van der Waals surface area contributed by atoms with Crippen LogP contribution in [-0.4, -0.2) is 23.4 Å². The number of halogens is 1. The highest BCUT2D eigenvalue weighted by Gasteiger charge is 2.33. The third-order valence-corrected chi connectivity index (χ3v) is 5.53. The van der Waals surface area contributed by atoms with Gasteiger partial charge in [-0.3, -0.25) is 9.69 Å². The van der Waals surface area contributed by atoms with Crippen molar-refractivity contribution < 1.29 is 19.1 Å². The molecule has 0 aromatic heterocycles. The van der Waals surface area contributed by atoms with Gasteiger partial charge in [-0.1, -0.05) is 71.8 Å². The summed E-state index contributed by atoms with van der Waals surface area (Å²) in [6.07, 6.45) is 1.59. The molecule has 3 aromatic carbocycles. The summed E-state index contributed by atoms with van der Waals surface area (Å²) in [7, 11) is 0. The summed E-state index contributed by atoms with van der Waals surface area (Å²) in [5.41, 5.74) is 3.73. The minimum absolute atomic E-state index is 0.175. The van der Waals surface area contributed by atoms with Crippen LogP contribution in [0.25, 0.3) is 6.08 Å². The van der Waals surface area contributed by atoms with Crippen molar-refractivity contribution >= 4 is 29.6 Å². The predicted molar refractivity (Wildman–Crippen MR) is 132 cm³/mol. The van der Waals surface area contributed by atoms with Crippen LogP contribution >= 0.6 is 11.6 Å². The number of aryl methyl sites for hydroxylation is 1. The molecule has 0 saturated carbocycles. The van der Waals surface area contributed by atoms with E-state index in [-0.39, 0.29) is 12.2 Å². The zero-order chi connectivity index (χ0) is 24.1. The number of carbonyl (C=O) groups is 2. The Hall–Kier alpha value is -3.77. The third-order valence-electron chi connectivity index (χ3n) is 5.25. The molecule has 7 heteroatoms. The Bertz CT molecular complexity index is 1240. The van der Waals surface area contributed by atoms with Crippen molar-refractivity contribution in [3.05, 3.63) is 99.7 Å². The van der Waals surface area contributed by atoms with E-state index >= 15 is 0 Å². The fraction of sp³-hybridized carbons (Fsp3) is 0.185. The Morgan fingerprint density at radius 3 is 2.47 bits per heavy atom. The number of imide groups is 1. The van der Waals surface area contributed by atoms with E-state index in [1.807, 2.05) is 68.4 Å². The van der Waals surface area contributed by atoms with E-state index < -0.39 is 11.9 Å². The molecule has 4 rings (SSSR count). The summed E-state index contributed by atoms with van der Waals surface area (Å²) in [4.78, 5) is 26.6. The molecule has 34 heavy (non-hydrogen) atoms. The Morgan fingerprint density at radius 1 is 0.971 bits per heavy atom. The second-order valence-electron chi connectivity index (χ2n) is 7.91. The van der Waals surface area contributed by atoms with Crippen LogP contribution in [0.3, 0.4) is 0 Å². The molecule has 0 spiro atoms. The van der Waals surface area contributed by atoms with Crippen LogP contribution in [0.4, 0.5) is 4.79 Å². The number of benzene rings is 3. The van der Waals surface area contributed by atoms with Crippen LogP contribution in [0, 0.1) is 6.92 Å². The fourth-order valence-electron chi connectivity index (χ4n) is 3.68. The van der Waals surface area contributed by atoms with Gasteiger partial charge in [0.2, 0.25) is 0 Å². The van der Waals surface area contributed by atoms with Gasteiger partial charge in [-0.15, -0.1) is 0 Å². The first-order valence-corrected chi connectivity index (χ1v) is 11.4. The summed E-state index contributed by atoms with van der Waals surface area (Å²) in [6, 6.07) is 20.4. The lowest BCUT2D eigenvalue weighted by atomic mass is 10.1. The number of amides is 3. The van der Waals surface area contributed by atoms with Crippen molar-refractivity contribution in [2.45, 2.75) is 27.0 Å². The van der Waals surface area contributed by atoms with Gasteiger partial charge in [-0.2, -0.15) is 0 Å². The van der Waals surface area contributed by atoms with Crippen LogP contribution in [-0.2, 0) is 17.9 Å². The summed E-state index contributed by atoms with van der Waals surface area (Å²) in [5.74, 6) is 0.494. The van der Waals surface area contributed by atoms with Gasteiger partial charge in [0.15, 0.2) is 11.5 Å². The Kier molecular flexibility index (Phi) is 7.18. The molecule has 174 valence electrons. The molecule has 0 atom stereocenters. The van der Waals surface area contributed by atoms with Gasteiger partial charge in [-0.25, -0.2) is 4.79 Å². The lowest BCUT2D eigenvalue weighted by Crippen LogP contribution is -2.30. The Morgan fingerprint density at radius 2 is 1.74 bits per heavy atom. The minimum atomic E-state index is -0.461. The molecule has 1 saturated heterocycles. The van der Waals surface area contributed by atoms with Crippen LogP contribution in [0.15, 0.2) is 72.4 Å². The van der Waals surface area contributed by atoms with Gasteiger partial charge >= 0.3 is 6.03 Å². The first-order valence-electron chi connectivity index (χ1n) is 11.0. The molecule has 3 amide bonds. The molecular weight excluding hydrogens is 452 g/mol. The SMILES string of the molecule is CCOc1cc(/C=C2/NC(=O)N(Cc3cccc(C)c3)C2=O)cc(Cl)c1OCc1ccccc1. The molecular formula is C27H25ClN2O4. The van der Waals surface area contributed by atoms with E-state index in [1.165, 1.54) is 4.90 Å². The average Bonchev–Trinajstić information content (AvgIpc) is 3.07. The van der Waals surface area contributed by atoms with Crippen molar-refractivity contribution in [3.8, 4) is 11.5 Å². The zero-order valence-electron chi connectivity index (χ0n) is 19.0. The van der Waals surface area contributed by atoms with Gasteiger partial charge in [0.1, 0.15) is 12.3 Å². The topological polar surface area (TPSA) is 67.9 Å². The van der Waals surface area contributed by atoms with E-state index in [0.717, 1.165) is 16.7 Å². The predicted octanol–water partition coefficient (Wildman–Crippen LogP) is 5.72. The van der Waals surface area contributed by atoms with Crippen molar-refractivity contribution in [3.63, 3.8) is 0 Å². The molecule has 1 N–H and O–H groups in total. The van der Waals surface area contributed by atoms with Crippen LogP contribution in [0.1, 0.15) is 29.2 Å². The first kappa shape index (κ1) is 23.4. The summed E-state index contributed by atoms with van der Waals surface area (Å²) in [5, 5.41) is 3.00. The van der Waals surface area contributed by atoms with E-state index in [2.05, 4.69) is 5.32 Å². The molecule has 3 aromatic rings. The largest absolute Gasteiger partial charge is 0.490 e. The maximum absolute atomic E-state index is 12.9. The van der Waals surface area contributed by atoms with Gasteiger partial charge in [-0.05, 0) is 48.7 Å². The smallest absolute Gasteiger partial charge is 0.329 e. The fourth-order valence-corrected chi connectivity index (χ4v) is 3.95. The zero-order valence-corrected chi connectivity index (χ0v) is 19.8. The van der Waals surface area contributed by atoms with E-state index in [1.54, 1.807) is 18.2 Å². The summed E-state index contributed by atoms with van der Waals surface area (Å²) < 4.78 is 11.7. The second-order valence-corrected chi connectivity index (χ2v) is 8.31. The molecule has 1 aliphatic rings. The van der Waals surface area contributed by atoms with Gasteiger partial charge in [0, 0.05) is 0 Å². The quantitative estimate of drug-likeness (QED) is 0.333. The van der Waals surface area contributed by atoms with Gasteiger partial charge < -0.3 is 14.8 Å². The van der Waals surface area contributed by atoms with Crippen molar-refractivity contribution in [2.75, 3.05) is 6.61 Å². The Balaban J connectivity index is 1.55. The second kappa shape index (κ2) is 10.4. The maximum Gasteiger partial charge on any atom is 0.329 e. The van der Waals surface area contributed by atoms with E-state index in [9.17, 15) is 9.59 Å². The monoisotopic (exact) mass is 476 g/mol. The van der Waals surface area contributed by atoms with Crippen LogP contribution in [0.5, 0.6) is 11.5 Å². The highest BCUT2D eigenvalue weighted by Crippen LogP contribution is 2.38. The van der Waals surface area contributed by atoms with E-state index in [0.29, 0.717) is 35.3 Å². The van der Waals surface area contributed by atoms with Crippen LogP contribution in [0.2, 0.25) is 5.02 Å². The van der Waals surface area contributed by atoms with Gasteiger partial charge in [0.05, 0.1) is 18.2 Å². The number of hydrogen-bond donors (Lipinski definition) is 1. The lowest BCUT2D eigenvalue weighted by molar-refractivity contribution is -0.123. The third kappa shape index (κ3) is 5.41. The number of rotatable bonds is 8. The highest BCUT2D eigenvalue weighted by molar-refractivity contribution is 6.32. The molecule has 0 radical (unpaired) electrons. The molecule has 0 unspecified atom stereocenters. The van der Waals surface area contributed by atoms with Crippen molar-refractivity contribution in [1.29, 1.82) is 0 Å². The minimum Gasteiger partial charge on any atom is -0.490 e. The number of ether oxygens (including phenoxy) is 2. The number of carbonyl (C=O) groups excluding carboxylic acids is 2. The van der Waals surface area contributed by atoms with E-state index in [4.69, 9.17) is 21.1 Å². The van der Waals surface area contributed by atoms with Crippen LogP contribution < -0.4 is 14.8 Å². The van der Waals surface area contributed by atoms with Crippen molar-refractivity contribution in [2.24, 2.45) is 0 Å². The summed E-state index contributed by atoms with van der Waals surface area (Å²) in [6.45, 7) is 4.78. The Labute approximate surface area is 203 Å². The summed E-state index contributed by atoms with van der Waals surface area (Å²) >= 11 is 6.52. The first-order chi connectivity index (χ1) is 16.4. The number of nitrogens with one attached hydrogen (secondary N) is 1. The molecule has 1 heterocycles. The van der Waals surface area contributed by atoms with Gasteiger partial charge in [0.25, 0.3) is 5.91 Å². The molecule has 0 aliphatic carbocycles. The standard InChI is InChI=1S/C27H25ClN2O4/c1-3-33-24-15-21(13-22(28)25(24)34-17-19-9-5-4-6-10-19)14-23-26(31)30(27(32)29-23)16-20-11-7-8-18(2)12-20/h4-15H,3,16-17H2,1-2H3,(H,29,32)/b23-14+. The average molecular weight is 477 g/mol. The molecule has 1 fully saturated rings. The number of urea groups is 1. The molecule has 0 bridgehead atoms. The molecule has 6 nitrogen and oxygen atoms in total. The lowest BCUT2D eigenvalue weighted by Gasteiger charge is -2.15.